The summed E-state index contributed by atoms with van der Waals surface area (Å²) >= 11 is 1.25. The predicted molar refractivity (Wildman–Crippen MR) is 114 cm³/mol. The number of hydrogen-bond donors (Lipinski definition) is 1. The third kappa shape index (κ3) is 4.81. The van der Waals surface area contributed by atoms with Crippen LogP contribution in [0.3, 0.4) is 0 Å². The molecular weight excluding hydrogens is 370 g/mol. The molecule has 0 spiro atoms. The van der Waals surface area contributed by atoms with Crippen molar-refractivity contribution in [2.45, 2.75) is 50.5 Å². The van der Waals surface area contributed by atoms with E-state index in [1.165, 1.54) is 17.3 Å². The quantitative estimate of drug-likeness (QED) is 0.581. The number of carbonyl (C=O) groups excluding carboxylic acids is 1. The summed E-state index contributed by atoms with van der Waals surface area (Å²) in [7, 11) is 0. The van der Waals surface area contributed by atoms with Gasteiger partial charge in [-0.05, 0) is 48.6 Å². The lowest BCUT2D eigenvalue weighted by molar-refractivity contribution is -0.115. The van der Waals surface area contributed by atoms with Gasteiger partial charge < -0.3 is 9.73 Å². The van der Waals surface area contributed by atoms with Gasteiger partial charge in [0, 0.05) is 11.3 Å². The Morgan fingerprint density at radius 1 is 1.07 bits per heavy atom. The second kappa shape index (κ2) is 8.19. The molecule has 2 aromatic carbocycles. The average molecular weight is 396 g/mol. The number of aryl methyl sites for hydroxylation is 1. The number of aromatic nitrogens is 2. The van der Waals surface area contributed by atoms with Crippen molar-refractivity contribution in [3.63, 3.8) is 0 Å². The van der Waals surface area contributed by atoms with Crippen LogP contribution in [0.1, 0.15) is 38.8 Å². The zero-order valence-corrected chi connectivity index (χ0v) is 17.6. The number of benzene rings is 2. The Balaban J connectivity index is 1.63. The smallest absolute Gasteiger partial charge is 0.277 e. The number of carbonyl (C=O) groups is 1. The fourth-order valence-corrected chi connectivity index (χ4v) is 3.36. The molecule has 0 radical (unpaired) electrons. The summed E-state index contributed by atoms with van der Waals surface area (Å²) in [6.07, 6.45) is 0. The Morgan fingerprint density at radius 2 is 1.75 bits per heavy atom. The summed E-state index contributed by atoms with van der Waals surface area (Å²) in [5.41, 5.74) is 4.04. The van der Waals surface area contributed by atoms with Gasteiger partial charge in [-0.25, -0.2) is 0 Å². The molecule has 1 amide bonds. The average Bonchev–Trinajstić information content (AvgIpc) is 3.10. The Morgan fingerprint density at radius 3 is 2.39 bits per heavy atom. The molecule has 0 aliphatic rings. The van der Waals surface area contributed by atoms with E-state index in [9.17, 15) is 4.79 Å². The van der Waals surface area contributed by atoms with Gasteiger partial charge in [-0.3, -0.25) is 4.79 Å². The predicted octanol–water partition coefficient (Wildman–Crippen LogP) is 5.46. The minimum absolute atomic E-state index is 0.0818. The number of rotatable bonds is 5. The molecule has 3 aromatic rings. The number of anilines is 1. The molecule has 1 unspecified atom stereocenters. The maximum absolute atomic E-state index is 12.5. The lowest BCUT2D eigenvalue weighted by atomic mass is 9.87. The highest BCUT2D eigenvalue weighted by molar-refractivity contribution is 8.00. The van der Waals surface area contributed by atoms with Crippen molar-refractivity contribution in [2.75, 3.05) is 5.32 Å². The SMILES string of the molecule is Cc1ccccc1-c1nnc(SC(C)C(=O)Nc2ccc(C(C)(C)C)cc2)o1. The number of nitrogens with one attached hydrogen (secondary N) is 1. The molecule has 1 heterocycles. The lowest BCUT2D eigenvalue weighted by Crippen LogP contribution is -2.22. The lowest BCUT2D eigenvalue weighted by Gasteiger charge is -2.19. The summed E-state index contributed by atoms with van der Waals surface area (Å²) in [5, 5.41) is 11.1. The van der Waals surface area contributed by atoms with Gasteiger partial charge in [0.1, 0.15) is 0 Å². The van der Waals surface area contributed by atoms with Crippen LogP contribution >= 0.6 is 11.8 Å². The third-order valence-electron chi connectivity index (χ3n) is 4.45. The molecule has 0 bridgehead atoms. The Kier molecular flexibility index (Phi) is 5.89. The van der Waals surface area contributed by atoms with E-state index in [2.05, 4.69) is 36.3 Å². The highest BCUT2D eigenvalue weighted by Gasteiger charge is 2.20. The monoisotopic (exact) mass is 395 g/mol. The molecule has 1 atom stereocenters. The minimum atomic E-state index is -0.368. The van der Waals surface area contributed by atoms with Gasteiger partial charge in [0.15, 0.2) is 0 Å². The first kappa shape index (κ1) is 20.1. The van der Waals surface area contributed by atoms with Crippen molar-refractivity contribution >= 4 is 23.4 Å². The first-order valence-corrected chi connectivity index (χ1v) is 10.1. The van der Waals surface area contributed by atoms with Crippen LogP contribution in [0, 0.1) is 6.92 Å². The Hall–Kier alpha value is -2.60. The van der Waals surface area contributed by atoms with Gasteiger partial charge in [-0.2, -0.15) is 0 Å². The van der Waals surface area contributed by atoms with Gasteiger partial charge in [0.25, 0.3) is 5.22 Å². The number of nitrogens with zero attached hydrogens (tertiary/aromatic N) is 2. The molecular formula is C22H25N3O2S. The highest BCUT2D eigenvalue weighted by Crippen LogP contribution is 2.28. The highest BCUT2D eigenvalue weighted by atomic mass is 32.2. The largest absolute Gasteiger partial charge is 0.411 e. The van der Waals surface area contributed by atoms with E-state index < -0.39 is 0 Å². The molecule has 146 valence electrons. The zero-order chi connectivity index (χ0) is 20.3. The second-order valence-corrected chi connectivity index (χ2v) is 9.06. The van der Waals surface area contributed by atoms with E-state index in [4.69, 9.17) is 4.42 Å². The standard InChI is InChI=1S/C22H25N3O2S/c1-14-8-6-7-9-18(14)20-24-25-21(27-20)28-15(2)19(26)23-17-12-10-16(11-13-17)22(3,4)5/h6-13,15H,1-5H3,(H,23,26). The van der Waals surface area contributed by atoms with Crippen LogP contribution in [-0.4, -0.2) is 21.4 Å². The van der Waals surface area contributed by atoms with Crippen LogP contribution in [0.15, 0.2) is 58.2 Å². The summed E-state index contributed by atoms with van der Waals surface area (Å²) < 4.78 is 5.74. The van der Waals surface area contributed by atoms with Crippen molar-refractivity contribution < 1.29 is 9.21 Å². The van der Waals surface area contributed by atoms with E-state index in [0.717, 1.165) is 16.8 Å². The molecule has 1 aromatic heterocycles. The van der Waals surface area contributed by atoms with E-state index in [1.807, 2.05) is 62.4 Å². The molecule has 28 heavy (non-hydrogen) atoms. The van der Waals surface area contributed by atoms with Crippen LogP contribution in [-0.2, 0) is 10.2 Å². The molecule has 0 aliphatic carbocycles. The molecule has 1 N–H and O–H groups in total. The number of thioether (sulfide) groups is 1. The van der Waals surface area contributed by atoms with Crippen molar-refractivity contribution in [2.24, 2.45) is 0 Å². The van der Waals surface area contributed by atoms with E-state index >= 15 is 0 Å². The van der Waals surface area contributed by atoms with Crippen molar-refractivity contribution in [3.05, 3.63) is 59.7 Å². The van der Waals surface area contributed by atoms with Crippen LogP contribution in [0.5, 0.6) is 0 Å². The van der Waals surface area contributed by atoms with Crippen molar-refractivity contribution in [1.29, 1.82) is 0 Å². The fraction of sp³-hybridized carbons (Fsp3) is 0.318. The third-order valence-corrected chi connectivity index (χ3v) is 5.38. The summed E-state index contributed by atoms with van der Waals surface area (Å²) in [5.74, 6) is 0.357. The number of hydrogen-bond acceptors (Lipinski definition) is 5. The van der Waals surface area contributed by atoms with Gasteiger partial charge in [-0.15, -0.1) is 10.2 Å². The minimum Gasteiger partial charge on any atom is -0.411 e. The molecule has 0 aliphatic heterocycles. The fourth-order valence-electron chi connectivity index (χ4n) is 2.68. The van der Waals surface area contributed by atoms with Gasteiger partial charge in [0.05, 0.1) is 5.25 Å². The van der Waals surface area contributed by atoms with Crippen LogP contribution < -0.4 is 5.32 Å². The first-order valence-electron chi connectivity index (χ1n) is 9.21. The molecule has 0 saturated carbocycles. The number of amides is 1. The van der Waals surface area contributed by atoms with Gasteiger partial charge >= 0.3 is 0 Å². The van der Waals surface area contributed by atoms with Gasteiger partial charge in [0.2, 0.25) is 11.8 Å². The molecule has 0 saturated heterocycles. The first-order chi connectivity index (χ1) is 13.2. The van der Waals surface area contributed by atoms with Crippen LogP contribution in [0.4, 0.5) is 5.69 Å². The maximum atomic E-state index is 12.5. The molecule has 5 nitrogen and oxygen atoms in total. The molecule has 0 fully saturated rings. The Bertz CT molecular complexity index is 958. The van der Waals surface area contributed by atoms with E-state index in [0.29, 0.717) is 11.1 Å². The maximum Gasteiger partial charge on any atom is 0.277 e. The van der Waals surface area contributed by atoms with E-state index in [-0.39, 0.29) is 16.6 Å². The molecule has 3 rings (SSSR count). The summed E-state index contributed by atoms with van der Waals surface area (Å²) in [6.45, 7) is 10.3. The van der Waals surface area contributed by atoms with Gasteiger partial charge in [-0.1, -0.05) is 62.9 Å². The normalized spacial score (nSPS) is 12.6. The topological polar surface area (TPSA) is 68.0 Å². The van der Waals surface area contributed by atoms with E-state index in [1.54, 1.807) is 0 Å². The zero-order valence-electron chi connectivity index (χ0n) is 16.8. The summed E-state index contributed by atoms with van der Waals surface area (Å²) in [6, 6.07) is 15.8. The van der Waals surface area contributed by atoms with Crippen molar-refractivity contribution in [3.8, 4) is 11.5 Å². The molecule has 6 heteroatoms. The van der Waals surface area contributed by atoms with Crippen LogP contribution in [0.25, 0.3) is 11.5 Å². The van der Waals surface area contributed by atoms with Crippen LogP contribution in [0.2, 0.25) is 0 Å². The Labute approximate surface area is 170 Å². The van der Waals surface area contributed by atoms with Crippen molar-refractivity contribution in [1.82, 2.24) is 10.2 Å². The summed E-state index contributed by atoms with van der Waals surface area (Å²) in [4.78, 5) is 12.5. The second-order valence-electron chi connectivity index (χ2n) is 7.76.